The van der Waals surface area contributed by atoms with Gasteiger partial charge in [-0.25, -0.2) is 4.39 Å². The van der Waals surface area contributed by atoms with E-state index in [1.807, 2.05) is 4.90 Å². The van der Waals surface area contributed by atoms with Gasteiger partial charge in [-0.1, -0.05) is 0 Å². The first-order valence-corrected chi connectivity index (χ1v) is 7.74. The molecule has 0 aromatic heterocycles. The van der Waals surface area contributed by atoms with Crippen molar-refractivity contribution in [2.75, 3.05) is 32.8 Å². The fraction of sp³-hybridized carbons (Fsp3) is 0.562. The third kappa shape index (κ3) is 3.75. The Morgan fingerprint density at radius 2 is 2.00 bits per heavy atom. The quantitative estimate of drug-likeness (QED) is 0.911. The molecule has 1 N–H and O–H groups in total. The van der Waals surface area contributed by atoms with Crippen molar-refractivity contribution in [3.05, 3.63) is 30.1 Å². The molecule has 1 unspecified atom stereocenters. The van der Waals surface area contributed by atoms with Gasteiger partial charge >= 0.3 is 0 Å². The molecular formula is C16H21FN2O3. The maximum absolute atomic E-state index is 12.9. The second-order valence-electron chi connectivity index (χ2n) is 5.68. The van der Waals surface area contributed by atoms with Crippen LogP contribution in [-0.2, 0) is 9.53 Å². The molecule has 0 spiro atoms. The van der Waals surface area contributed by atoms with Gasteiger partial charge in [-0.2, -0.15) is 0 Å². The number of likely N-dealkylation sites (tertiary alicyclic amines) is 1. The first kappa shape index (κ1) is 15.2. The smallest absolute Gasteiger partial charge is 0.242 e. The first-order valence-electron chi connectivity index (χ1n) is 7.74. The number of halogens is 1. The van der Waals surface area contributed by atoms with Gasteiger partial charge in [0.15, 0.2) is 0 Å². The SMILES string of the molecule is O=C(C1COCCN1)N1CCC(Oc2ccc(F)cc2)CC1. The Bertz CT molecular complexity index is 495. The minimum absolute atomic E-state index is 0.0741. The molecule has 5 nitrogen and oxygen atoms in total. The summed E-state index contributed by atoms with van der Waals surface area (Å²) < 4.78 is 24.0. The number of benzene rings is 1. The van der Waals surface area contributed by atoms with Crippen molar-refractivity contribution in [3.63, 3.8) is 0 Å². The fourth-order valence-electron chi connectivity index (χ4n) is 2.84. The number of hydrogen-bond acceptors (Lipinski definition) is 4. The van der Waals surface area contributed by atoms with Crippen LogP contribution < -0.4 is 10.1 Å². The van der Waals surface area contributed by atoms with E-state index in [0.717, 1.165) is 19.4 Å². The van der Waals surface area contributed by atoms with Crippen molar-refractivity contribution in [3.8, 4) is 5.75 Å². The summed E-state index contributed by atoms with van der Waals surface area (Å²) in [6.07, 6.45) is 1.65. The molecule has 1 amide bonds. The summed E-state index contributed by atoms with van der Waals surface area (Å²) in [5, 5.41) is 3.19. The Kier molecular flexibility index (Phi) is 4.90. The molecule has 0 bridgehead atoms. The van der Waals surface area contributed by atoms with E-state index in [9.17, 15) is 9.18 Å². The van der Waals surface area contributed by atoms with Crippen LogP contribution in [0.15, 0.2) is 24.3 Å². The normalized spacial score (nSPS) is 23.3. The van der Waals surface area contributed by atoms with Crippen LogP contribution in [0.4, 0.5) is 4.39 Å². The van der Waals surface area contributed by atoms with Gasteiger partial charge in [0.2, 0.25) is 5.91 Å². The van der Waals surface area contributed by atoms with E-state index in [0.29, 0.717) is 32.1 Å². The number of piperidine rings is 1. The molecule has 2 saturated heterocycles. The lowest BCUT2D eigenvalue weighted by Crippen LogP contribution is -2.54. The van der Waals surface area contributed by atoms with Gasteiger partial charge in [-0.15, -0.1) is 0 Å². The number of nitrogens with zero attached hydrogens (tertiary/aromatic N) is 1. The maximum atomic E-state index is 12.9. The molecule has 1 aromatic carbocycles. The number of carbonyl (C=O) groups excluding carboxylic acids is 1. The van der Waals surface area contributed by atoms with Crippen LogP contribution in [0.25, 0.3) is 0 Å². The Balaban J connectivity index is 1.47. The van der Waals surface area contributed by atoms with Crippen molar-refractivity contribution < 1.29 is 18.7 Å². The largest absolute Gasteiger partial charge is 0.490 e. The average molecular weight is 308 g/mol. The monoisotopic (exact) mass is 308 g/mol. The minimum Gasteiger partial charge on any atom is -0.490 e. The molecule has 1 aromatic rings. The number of rotatable bonds is 3. The van der Waals surface area contributed by atoms with Gasteiger partial charge in [0.1, 0.15) is 23.7 Å². The standard InChI is InChI=1S/C16H21FN2O3/c17-12-1-3-13(4-2-12)22-14-5-8-19(9-6-14)16(20)15-11-21-10-7-18-15/h1-4,14-15,18H,5-11H2. The summed E-state index contributed by atoms with van der Waals surface area (Å²) >= 11 is 0. The average Bonchev–Trinajstić information content (AvgIpc) is 2.58. The van der Waals surface area contributed by atoms with E-state index in [1.165, 1.54) is 12.1 Å². The second kappa shape index (κ2) is 7.07. The lowest BCUT2D eigenvalue weighted by molar-refractivity contribution is -0.138. The number of morpholine rings is 1. The van der Waals surface area contributed by atoms with Gasteiger partial charge in [0.05, 0.1) is 13.2 Å². The summed E-state index contributed by atoms with van der Waals surface area (Å²) in [6.45, 7) is 3.20. The predicted octanol–water partition coefficient (Wildman–Crippen LogP) is 1.18. The molecule has 6 heteroatoms. The van der Waals surface area contributed by atoms with E-state index in [-0.39, 0.29) is 23.9 Å². The highest BCUT2D eigenvalue weighted by molar-refractivity contribution is 5.82. The van der Waals surface area contributed by atoms with Crippen LogP contribution in [0.3, 0.4) is 0 Å². The highest BCUT2D eigenvalue weighted by Crippen LogP contribution is 2.20. The van der Waals surface area contributed by atoms with E-state index in [4.69, 9.17) is 9.47 Å². The van der Waals surface area contributed by atoms with Crippen LogP contribution in [0, 0.1) is 5.82 Å². The number of ether oxygens (including phenoxy) is 2. The van der Waals surface area contributed by atoms with Gasteiger partial charge in [-0.05, 0) is 24.3 Å². The van der Waals surface area contributed by atoms with Crippen LogP contribution in [0.2, 0.25) is 0 Å². The Hall–Kier alpha value is -1.66. The van der Waals surface area contributed by atoms with Crippen molar-refractivity contribution in [1.29, 1.82) is 0 Å². The highest BCUT2D eigenvalue weighted by Gasteiger charge is 2.29. The first-order chi connectivity index (χ1) is 10.7. The summed E-state index contributed by atoms with van der Waals surface area (Å²) in [4.78, 5) is 14.2. The van der Waals surface area contributed by atoms with Crippen molar-refractivity contribution in [2.45, 2.75) is 25.0 Å². The number of carbonyl (C=O) groups is 1. The molecule has 1 atom stereocenters. The number of amides is 1. The topological polar surface area (TPSA) is 50.8 Å². The van der Waals surface area contributed by atoms with Crippen LogP contribution in [0.5, 0.6) is 5.75 Å². The Morgan fingerprint density at radius 3 is 2.64 bits per heavy atom. The van der Waals surface area contributed by atoms with Gasteiger partial charge in [0, 0.05) is 32.5 Å². The highest BCUT2D eigenvalue weighted by atomic mass is 19.1. The van der Waals surface area contributed by atoms with E-state index in [1.54, 1.807) is 12.1 Å². The van der Waals surface area contributed by atoms with E-state index >= 15 is 0 Å². The predicted molar refractivity (Wildman–Crippen MR) is 79.2 cm³/mol. The zero-order valence-corrected chi connectivity index (χ0v) is 12.5. The molecule has 2 aliphatic heterocycles. The molecule has 0 aliphatic carbocycles. The third-order valence-corrected chi connectivity index (χ3v) is 4.09. The number of nitrogens with one attached hydrogen (secondary N) is 1. The molecule has 0 radical (unpaired) electrons. The summed E-state index contributed by atoms with van der Waals surface area (Å²) in [5.41, 5.74) is 0. The summed E-state index contributed by atoms with van der Waals surface area (Å²) in [6, 6.07) is 5.83. The zero-order chi connectivity index (χ0) is 15.4. The third-order valence-electron chi connectivity index (χ3n) is 4.09. The lowest BCUT2D eigenvalue weighted by Gasteiger charge is -2.35. The Labute approximate surface area is 129 Å². The van der Waals surface area contributed by atoms with Gasteiger partial charge < -0.3 is 19.7 Å². The molecule has 0 saturated carbocycles. The lowest BCUT2D eigenvalue weighted by atomic mass is 10.1. The van der Waals surface area contributed by atoms with Gasteiger partial charge in [0.25, 0.3) is 0 Å². The minimum atomic E-state index is -0.269. The molecule has 2 heterocycles. The number of hydrogen-bond donors (Lipinski definition) is 1. The van der Waals surface area contributed by atoms with Crippen LogP contribution in [0.1, 0.15) is 12.8 Å². The summed E-state index contributed by atoms with van der Waals surface area (Å²) in [5.74, 6) is 0.517. The van der Waals surface area contributed by atoms with Crippen molar-refractivity contribution >= 4 is 5.91 Å². The zero-order valence-electron chi connectivity index (χ0n) is 12.5. The fourth-order valence-corrected chi connectivity index (χ4v) is 2.84. The van der Waals surface area contributed by atoms with E-state index < -0.39 is 0 Å². The molecule has 120 valence electrons. The molecule has 22 heavy (non-hydrogen) atoms. The van der Waals surface area contributed by atoms with E-state index in [2.05, 4.69) is 5.32 Å². The second-order valence-corrected chi connectivity index (χ2v) is 5.68. The van der Waals surface area contributed by atoms with Crippen molar-refractivity contribution in [1.82, 2.24) is 10.2 Å². The van der Waals surface area contributed by atoms with Gasteiger partial charge in [-0.3, -0.25) is 4.79 Å². The van der Waals surface area contributed by atoms with Crippen LogP contribution in [-0.4, -0.2) is 55.8 Å². The van der Waals surface area contributed by atoms with Crippen LogP contribution >= 0.6 is 0 Å². The maximum Gasteiger partial charge on any atom is 0.242 e. The molecule has 2 fully saturated rings. The summed E-state index contributed by atoms with van der Waals surface area (Å²) in [7, 11) is 0. The molecular weight excluding hydrogens is 287 g/mol. The molecule has 2 aliphatic rings. The molecule has 3 rings (SSSR count). The Morgan fingerprint density at radius 1 is 1.27 bits per heavy atom. The van der Waals surface area contributed by atoms with Crippen molar-refractivity contribution in [2.24, 2.45) is 0 Å².